The minimum atomic E-state index is -0.822. The van der Waals surface area contributed by atoms with Crippen LogP contribution in [0.25, 0.3) is 0 Å². The van der Waals surface area contributed by atoms with Gasteiger partial charge in [-0.1, -0.05) is 26.2 Å². The van der Waals surface area contributed by atoms with Crippen LogP contribution < -0.4 is 10.6 Å². The highest BCUT2D eigenvalue weighted by Gasteiger charge is 2.32. The third-order valence-electron chi connectivity index (χ3n) is 3.74. The van der Waals surface area contributed by atoms with Crippen LogP contribution in [0.2, 0.25) is 0 Å². The smallest absolute Gasteiger partial charge is 0.315 e. The van der Waals surface area contributed by atoms with Crippen LogP contribution in [0, 0.1) is 5.92 Å². The lowest BCUT2D eigenvalue weighted by Crippen LogP contribution is -2.51. The number of carboxylic acid groups (broad SMARTS) is 1. The number of hydrogen-bond acceptors (Lipinski definition) is 3. The second-order valence-corrected chi connectivity index (χ2v) is 5.39. The lowest BCUT2D eigenvalue weighted by atomic mass is 9.84. The SMILES string of the molecule is CCCC(COC)NC(=O)NC1CCCCC1C(=O)O. The molecule has 3 N–H and O–H groups in total. The second-order valence-electron chi connectivity index (χ2n) is 5.39. The number of hydrogen-bond donors (Lipinski definition) is 3. The van der Waals surface area contributed by atoms with E-state index >= 15 is 0 Å². The number of carboxylic acids is 1. The number of carbonyl (C=O) groups is 2. The molecule has 0 aliphatic heterocycles. The monoisotopic (exact) mass is 286 g/mol. The van der Waals surface area contributed by atoms with Crippen molar-refractivity contribution in [2.45, 2.75) is 57.5 Å². The van der Waals surface area contributed by atoms with E-state index < -0.39 is 11.9 Å². The van der Waals surface area contributed by atoms with Crippen LogP contribution in [0.15, 0.2) is 0 Å². The average Bonchev–Trinajstić information content (AvgIpc) is 2.39. The van der Waals surface area contributed by atoms with E-state index in [9.17, 15) is 14.7 Å². The zero-order valence-corrected chi connectivity index (χ0v) is 12.4. The highest BCUT2D eigenvalue weighted by atomic mass is 16.5. The first-order valence-corrected chi connectivity index (χ1v) is 7.37. The van der Waals surface area contributed by atoms with Crippen molar-refractivity contribution in [2.24, 2.45) is 5.92 Å². The molecule has 0 heterocycles. The van der Waals surface area contributed by atoms with E-state index in [0.29, 0.717) is 13.0 Å². The molecule has 3 atom stereocenters. The molecule has 1 aliphatic rings. The van der Waals surface area contributed by atoms with E-state index in [1.54, 1.807) is 7.11 Å². The highest BCUT2D eigenvalue weighted by molar-refractivity contribution is 5.77. The first-order chi connectivity index (χ1) is 9.58. The predicted octanol–water partition coefficient (Wildman–Crippen LogP) is 1.74. The fraction of sp³-hybridized carbons (Fsp3) is 0.857. The maximum absolute atomic E-state index is 12.0. The summed E-state index contributed by atoms with van der Waals surface area (Å²) in [6, 6.07) is -0.596. The first kappa shape index (κ1) is 16.8. The molecule has 0 aromatic heterocycles. The Morgan fingerprint density at radius 1 is 1.35 bits per heavy atom. The Labute approximate surface area is 120 Å². The third kappa shape index (κ3) is 5.36. The van der Waals surface area contributed by atoms with Crippen molar-refractivity contribution < 1.29 is 19.4 Å². The average molecular weight is 286 g/mol. The van der Waals surface area contributed by atoms with Gasteiger partial charge in [-0.05, 0) is 19.3 Å². The van der Waals surface area contributed by atoms with Gasteiger partial charge in [0.25, 0.3) is 0 Å². The van der Waals surface area contributed by atoms with Crippen molar-refractivity contribution in [3.05, 3.63) is 0 Å². The van der Waals surface area contributed by atoms with E-state index in [2.05, 4.69) is 10.6 Å². The van der Waals surface area contributed by atoms with Gasteiger partial charge in [0.2, 0.25) is 0 Å². The molecule has 0 aromatic carbocycles. The number of nitrogens with one attached hydrogen (secondary N) is 2. The summed E-state index contributed by atoms with van der Waals surface area (Å²) in [6.45, 7) is 2.51. The molecule has 20 heavy (non-hydrogen) atoms. The molecule has 2 amide bonds. The molecule has 3 unspecified atom stereocenters. The fourth-order valence-electron chi connectivity index (χ4n) is 2.74. The van der Waals surface area contributed by atoms with Crippen molar-refractivity contribution in [1.29, 1.82) is 0 Å². The van der Waals surface area contributed by atoms with Gasteiger partial charge < -0.3 is 20.5 Å². The zero-order chi connectivity index (χ0) is 15.0. The van der Waals surface area contributed by atoms with Crippen LogP contribution in [-0.2, 0) is 9.53 Å². The Kier molecular flexibility index (Phi) is 7.36. The number of methoxy groups -OCH3 is 1. The van der Waals surface area contributed by atoms with Gasteiger partial charge in [-0.3, -0.25) is 4.79 Å². The van der Waals surface area contributed by atoms with Crippen molar-refractivity contribution >= 4 is 12.0 Å². The molecule has 1 saturated carbocycles. The van der Waals surface area contributed by atoms with Gasteiger partial charge >= 0.3 is 12.0 Å². The number of carbonyl (C=O) groups excluding carboxylic acids is 1. The largest absolute Gasteiger partial charge is 0.481 e. The molecule has 0 bridgehead atoms. The molecule has 0 aromatic rings. The van der Waals surface area contributed by atoms with Crippen molar-refractivity contribution in [3.63, 3.8) is 0 Å². The Hall–Kier alpha value is -1.30. The Morgan fingerprint density at radius 3 is 2.65 bits per heavy atom. The Bertz CT molecular complexity index is 316. The summed E-state index contributed by atoms with van der Waals surface area (Å²) in [6.07, 6.45) is 5.04. The van der Waals surface area contributed by atoms with Crippen molar-refractivity contribution in [3.8, 4) is 0 Å². The van der Waals surface area contributed by atoms with Gasteiger partial charge in [-0.25, -0.2) is 4.79 Å². The van der Waals surface area contributed by atoms with Crippen LogP contribution >= 0.6 is 0 Å². The summed E-state index contributed by atoms with van der Waals surface area (Å²) in [5, 5.41) is 14.8. The van der Waals surface area contributed by atoms with E-state index in [1.165, 1.54) is 0 Å². The standard InChI is InChI=1S/C14H26N2O4/c1-3-6-10(9-20-2)15-14(19)16-12-8-5-4-7-11(12)13(17)18/h10-12H,3-9H2,1-2H3,(H,17,18)(H2,15,16,19). The van der Waals surface area contributed by atoms with Crippen LogP contribution in [-0.4, -0.2) is 42.9 Å². The maximum Gasteiger partial charge on any atom is 0.315 e. The predicted molar refractivity (Wildman–Crippen MR) is 75.6 cm³/mol. The fourth-order valence-corrected chi connectivity index (χ4v) is 2.74. The van der Waals surface area contributed by atoms with Gasteiger partial charge in [0, 0.05) is 13.2 Å². The molecular weight excluding hydrogens is 260 g/mol. The molecule has 0 radical (unpaired) electrons. The minimum absolute atomic E-state index is 0.0307. The lowest BCUT2D eigenvalue weighted by molar-refractivity contribution is -0.143. The Morgan fingerprint density at radius 2 is 2.05 bits per heavy atom. The third-order valence-corrected chi connectivity index (χ3v) is 3.74. The topological polar surface area (TPSA) is 87.7 Å². The molecular formula is C14H26N2O4. The number of rotatable bonds is 7. The van der Waals surface area contributed by atoms with E-state index in [-0.39, 0.29) is 18.1 Å². The van der Waals surface area contributed by atoms with Crippen LogP contribution in [0.5, 0.6) is 0 Å². The number of ether oxygens (including phenoxy) is 1. The number of amides is 2. The minimum Gasteiger partial charge on any atom is -0.481 e. The van der Waals surface area contributed by atoms with Gasteiger partial charge in [0.05, 0.1) is 18.6 Å². The summed E-state index contributed by atoms with van der Waals surface area (Å²) < 4.78 is 5.07. The molecule has 1 fully saturated rings. The summed E-state index contributed by atoms with van der Waals surface area (Å²) in [4.78, 5) is 23.2. The Balaban J connectivity index is 2.48. The van der Waals surface area contributed by atoms with Crippen LogP contribution in [0.3, 0.4) is 0 Å². The summed E-state index contributed by atoms with van der Waals surface area (Å²) in [5.41, 5.74) is 0. The van der Waals surface area contributed by atoms with E-state index in [4.69, 9.17) is 4.74 Å². The second kappa shape index (κ2) is 8.79. The van der Waals surface area contributed by atoms with Crippen molar-refractivity contribution in [2.75, 3.05) is 13.7 Å². The van der Waals surface area contributed by atoms with Crippen LogP contribution in [0.1, 0.15) is 45.4 Å². The normalized spacial score (nSPS) is 23.9. The van der Waals surface area contributed by atoms with Gasteiger partial charge in [-0.2, -0.15) is 0 Å². The van der Waals surface area contributed by atoms with E-state index in [1.807, 2.05) is 6.92 Å². The quantitative estimate of drug-likeness (QED) is 0.665. The van der Waals surface area contributed by atoms with Crippen LogP contribution in [0.4, 0.5) is 4.79 Å². The van der Waals surface area contributed by atoms with Gasteiger partial charge in [0.1, 0.15) is 0 Å². The summed E-state index contributed by atoms with van der Waals surface area (Å²) >= 11 is 0. The van der Waals surface area contributed by atoms with Gasteiger partial charge in [-0.15, -0.1) is 0 Å². The zero-order valence-electron chi connectivity index (χ0n) is 12.4. The number of urea groups is 1. The molecule has 6 heteroatoms. The first-order valence-electron chi connectivity index (χ1n) is 7.37. The molecule has 0 saturated heterocycles. The highest BCUT2D eigenvalue weighted by Crippen LogP contribution is 2.24. The summed E-state index contributed by atoms with van der Waals surface area (Å²) in [5.74, 6) is -1.29. The molecule has 1 aliphatic carbocycles. The van der Waals surface area contributed by atoms with E-state index in [0.717, 1.165) is 32.1 Å². The number of aliphatic carboxylic acids is 1. The van der Waals surface area contributed by atoms with Gasteiger partial charge in [0.15, 0.2) is 0 Å². The maximum atomic E-state index is 12.0. The lowest BCUT2D eigenvalue weighted by Gasteiger charge is -2.30. The molecule has 116 valence electrons. The molecule has 1 rings (SSSR count). The van der Waals surface area contributed by atoms with Crippen molar-refractivity contribution in [1.82, 2.24) is 10.6 Å². The molecule has 0 spiro atoms. The summed E-state index contributed by atoms with van der Waals surface area (Å²) in [7, 11) is 1.60. The molecule has 6 nitrogen and oxygen atoms in total.